The van der Waals surface area contributed by atoms with Gasteiger partial charge in [-0.1, -0.05) is 18.2 Å². The van der Waals surface area contributed by atoms with Crippen molar-refractivity contribution in [1.29, 1.82) is 0 Å². The number of rotatable bonds is 9. The lowest BCUT2D eigenvalue weighted by Gasteiger charge is -2.31. The summed E-state index contributed by atoms with van der Waals surface area (Å²) >= 11 is 1.79. The Morgan fingerprint density at radius 1 is 1.20 bits per heavy atom. The molecule has 136 valence electrons. The summed E-state index contributed by atoms with van der Waals surface area (Å²) in [4.78, 5) is 3.76. The van der Waals surface area contributed by atoms with Crippen molar-refractivity contribution in [3.8, 4) is 5.75 Å². The minimum absolute atomic E-state index is 0.630. The van der Waals surface area contributed by atoms with Gasteiger partial charge in [-0.2, -0.15) is 0 Å². The fourth-order valence-corrected chi connectivity index (χ4v) is 3.78. The van der Waals surface area contributed by atoms with E-state index >= 15 is 0 Å². The SMILES string of the molecule is CN(CCOc1cccc(CNCc2cccs2)c1)C1CCOCC1. The van der Waals surface area contributed by atoms with Gasteiger partial charge in [0.2, 0.25) is 0 Å². The Labute approximate surface area is 154 Å². The molecular weight excluding hydrogens is 332 g/mol. The molecule has 0 unspecified atom stereocenters. The van der Waals surface area contributed by atoms with Crippen molar-refractivity contribution < 1.29 is 9.47 Å². The number of hydrogen-bond acceptors (Lipinski definition) is 5. The third-order valence-electron chi connectivity index (χ3n) is 4.63. The lowest BCUT2D eigenvalue weighted by Crippen LogP contribution is -2.38. The van der Waals surface area contributed by atoms with Crippen LogP contribution in [0.4, 0.5) is 0 Å². The normalized spacial score (nSPS) is 15.6. The Morgan fingerprint density at radius 3 is 2.88 bits per heavy atom. The van der Waals surface area contributed by atoms with Crippen LogP contribution in [0, 0.1) is 0 Å². The predicted octanol–water partition coefficient (Wildman–Crippen LogP) is 3.53. The van der Waals surface area contributed by atoms with Crippen LogP contribution in [-0.4, -0.2) is 44.4 Å². The lowest BCUT2D eigenvalue weighted by molar-refractivity contribution is 0.0392. The fourth-order valence-electron chi connectivity index (χ4n) is 3.10. The zero-order valence-corrected chi connectivity index (χ0v) is 15.8. The van der Waals surface area contributed by atoms with Gasteiger partial charge in [0.25, 0.3) is 0 Å². The summed E-state index contributed by atoms with van der Waals surface area (Å²) in [6, 6.07) is 13.3. The molecule has 4 nitrogen and oxygen atoms in total. The van der Waals surface area contributed by atoms with Crippen molar-refractivity contribution in [2.45, 2.75) is 32.0 Å². The summed E-state index contributed by atoms with van der Waals surface area (Å²) in [5, 5.41) is 5.60. The Bertz CT molecular complexity index is 612. The maximum absolute atomic E-state index is 5.96. The number of nitrogens with zero attached hydrogens (tertiary/aromatic N) is 1. The third-order valence-corrected chi connectivity index (χ3v) is 5.51. The average Bonchev–Trinajstić information content (AvgIpc) is 3.16. The highest BCUT2D eigenvalue weighted by Gasteiger charge is 2.17. The Hall–Kier alpha value is -1.40. The second kappa shape index (κ2) is 9.92. The van der Waals surface area contributed by atoms with E-state index in [9.17, 15) is 0 Å². The number of hydrogen-bond donors (Lipinski definition) is 1. The van der Waals surface area contributed by atoms with Crippen LogP contribution < -0.4 is 10.1 Å². The molecule has 0 radical (unpaired) electrons. The number of benzene rings is 1. The van der Waals surface area contributed by atoms with Crippen molar-refractivity contribution in [2.75, 3.05) is 33.4 Å². The molecule has 0 bridgehead atoms. The van der Waals surface area contributed by atoms with Crippen LogP contribution >= 0.6 is 11.3 Å². The molecule has 5 heteroatoms. The molecule has 0 aliphatic carbocycles. The Morgan fingerprint density at radius 2 is 2.08 bits per heavy atom. The van der Waals surface area contributed by atoms with E-state index in [0.29, 0.717) is 6.04 Å². The first kappa shape index (κ1) is 18.4. The molecule has 1 aliphatic heterocycles. The second-order valence-corrected chi connectivity index (χ2v) is 7.54. The summed E-state index contributed by atoms with van der Waals surface area (Å²) in [7, 11) is 2.18. The molecule has 2 aromatic rings. The van der Waals surface area contributed by atoms with Gasteiger partial charge in [-0.05, 0) is 49.0 Å². The first-order valence-corrected chi connectivity index (χ1v) is 9.92. The highest BCUT2D eigenvalue weighted by atomic mass is 32.1. The second-order valence-electron chi connectivity index (χ2n) is 6.50. The van der Waals surface area contributed by atoms with Crippen LogP contribution in [-0.2, 0) is 17.8 Å². The first-order chi connectivity index (χ1) is 12.3. The van der Waals surface area contributed by atoms with Gasteiger partial charge in [0, 0.05) is 43.8 Å². The van der Waals surface area contributed by atoms with Crippen LogP contribution in [0.5, 0.6) is 5.75 Å². The smallest absolute Gasteiger partial charge is 0.119 e. The van der Waals surface area contributed by atoms with E-state index in [4.69, 9.17) is 9.47 Å². The molecule has 1 fully saturated rings. The standard InChI is InChI=1S/C20H28N2O2S/c1-22(18-7-10-23-11-8-18)9-12-24-19-5-2-4-17(14-19)15-21-16-20-6-3-13-25-20/h2-6,13-14,18,21H,7-12,15-16H2,1H3. The predicted molar refractivity (Wildman–Crippen MR) is 103 cm³/mol. The van der Waals surface area contributed by atoms with Crippen molar-refractivity contribution in [3.05, 3.63) is 52.2 Å². The summed E-state index contributed by atoms with van der Waals surface area (Å²) < 4.78 is 11.4. The fraction of sp³-hybridized carbons (Fsp3) is 0.500. The van der Waals surface area contributed by atoms with E-state index in [1.54, 1.807) is 11.3 Å². The van der Waals surface area contributed by atoms with Gasteiger partial charge >= 0.3 is 0 Å². The third kappa shape index (κ3) is 6.12. The molecule has 1 aromatic carbocycles. The molecule has 1 aliphatic rings. The van der Waals surface area contributed by atoms with E-state index in [2.05, 4.69) is 53.0 Å². The molecule has 1 N–H and O–H groups in total. The van der Waals surface area contributed by atoms with Gasteiger partial charge in [0.15, 0.2) is 0 Å². The topological polar surface area (TPSA) is 33.7 Å². The molecule has 2 heterocycles. The molecule has 3 rings (SSSR count). The van der Waals surface area contributed by atoms with Gasteiger partial charge in [-0.15, -0.1) is 11.3 Å². The molecule has 1 saturated heterocycles. The van der Waals surface area contributed by atoms with Crippen LogP contribution in [0.1, 0.15) is 23.3 Å². The monoisotopic (exact) mass is 360 g/mol. The number of likely N-dealkylation sites (N-methyl/N-ethyl adjacent to an activating group) is 1. The minimum atomic E-state index is 0.630. The molecule has 25 heavy (non-hydrogen) atoms. The highest BCUT2D eigenvalue weighted by molar-refractivity contribution is 7.09. The number of ether oxygens (including phenoxy) is 2. The molecule has 0 amide bonds. The average molecular weight is 361 g/mol. The van der Waals surface area contributed by atoms with Gasteiger partial charge < -0.3 is 14.8 Å². The molecule has 0 atom stereocenters. The quantitative estimate of drug-likeness (QED) is 0.742. The first-order valence-electron chi connectivity index (χ1n) is 9.04. The number of thiophene rings is 1. The summed E-state index contributed by atoms with van der Waals surface area (Å²) in [5.41, 5.74) is 1.26. The van der Waals surface area contributed by atoms with Crippen molar-refractivity contribution in [2.24, 2.45) is 0 Å². The zero-order valence-electron chi connectivity index (χ0n) is 14.9. The van der Waals surface area contributed by atoms with Crippen molar-refractivity contribution in [3.63, 3.8) is 0 Å². The summed E-state index contributed by atoms with van der Waals surface area (Å²) in [6.45, 7) is 5.22. The largest absolute Gasteiger partial charge is 0.492 e. The zero-order chi connectivity index (χ0) is 17.3. The molecular formula is C20H28N2O2S. The summed E-state index contributed by atoms with van der Waals surface area (Å²) in [6.07, 6.45) is 2.25. The van der Waals surface area contributed by atoms with Crippen LogP contribution in [0.2, 0.25) is 0 Å². The van der Waals surface area contributed by atoms with Crippen molar-refractivity contribution in [1.82, 2.24) is 10.2 Å². The maximum Gasteiger partial charge on any atom is 0.119 e. The molecule has 1 aromatic heterocycles. The summed E-state index contributed by atoms with van der Waals surface area (Å²) in [5.74, 6) is 0.954. The van der Waals surface area contributed by atoms with Gasteiger partial charge in [0.1, 0.15) is 12.4 Å². The van der Waals surface area contributed by atoms with Gasteiger partial charge in [-0.25, -0.2) is 0 Å². The highest BCUT2D eigenvalue weighted by Crippen LogP contribution is 2.15. The van der Waals surface area contributed by atoms with Gasteiger partial charge in [0.05, 0.1) is 0 Å². The van der Waals surface area contributed by atoms with Crippen LogP contribution in [0.25, 0.3) is 0 Å². The Kier molecular flexibility index (Phi) is 7.30. The number of nitrogens with one attached hydrogen (secondary N) is 1. The van der Waals surface area contributed by atoms with Crippen molar-refractivity contribution >= 4 is 11.3 Å². The van der Waals surface area contributed by atoms with E-state index in [0.717, 1.165) is 58.0 Å². The lowest BCUT2D eigenvalue weighted by atomic mass is 10.1. The van der Waals surface area contributed by atoms with E-state index in [1.807, 2.05) is 6.07 Å². The van der Waals surface area contributed by atoms with Crippen LogP contribution in [0.15, 0.2) is 41.8 Å². The van der Waals surface area contributed by atoms with E-state index < -0.39 is 0 Å². The Balaban J connectivity index is 1.38. The molecule has 0 saturated carbocycles. The minimum Gasteiger partial charge on any atom is -0.492 e. The maximum atomic E-state index is 5.96. The van der Waals surface area contributed by atoms with Gasteiger partial charge in [-0.3, -0.25) is 4.90 Å². The molecule has 0 spiro atoms. The van der Waals surface area contributed by atoms with E-state index in [-0.39, 0.29) is 0 Å². The van der Waals surface area contributed by atoms with E-state index in [1.165, 1.54) is 10.4 Å². The van der Waals surface area contributed by atoms with Crippen LogP contribution in [0.3, 0.4) is 0 Å².